The van der Waals surface area contributed by atoms with Crippen molar-refractivity contribution in [3.05, 3.63) is 33.6 Å². The molecular weight excluding hydrogens is 205 g/mol. The van der Waals surface area contributed by atoms with Crippen LogP contribution in [0.5, 0.6) is 0 Å². The van der Waals surface area contributed by atoms with E-state index in [-0.39, 0.29) is 11.6 Å². The summed E-state index contributed by atoms with van der Waals surface area (Å²) in [7, 11) is 0. The van der Waals surface area contributed by atoms with Crippen LogP contribution in [0.3, 0.4) is 0 Å². The lowest BCUT2D eigenvalue weighted by atomic mass is 9.97. The number of halogens is 2. The molecule has 1 atom stereocenters. The van der Waals surface area contributed by atoms with Crippen molar-refractivity contribution in [3.8, 4) is 0 Å². The maximum Gasteiger partial charge on any atom is 0.146 e. The molecule has 0 amide bonds. The lowest BCUT2D eigenvalue weighted by Gasteiger charge is -2.16. The summed E-state index contributed by atoms with van der Waals surface area (Å²) in [4.78, 5) is 0. The lowest BCUT2D eigenvalue weighted by molar-refractivity contribution is 0.265. The van der Waals surface area contributed by atoms with Gasteiger partial charge in [0.1, 0.15) is 5.82 Å². The van der Waals surface area contributed by atoms with Crippen LogP contribution in [0.15, 0.2) is 6.07 Å². The highest BCUT2D eigenvalue weighted by Crippen LogP contribution is 2.28. The molecule has 0 saturated carbocycles. The third-order valence-corrected chi connectivity index (χ3v) is 2.63. The average molecular weight is 218 g/mol. The summed E-state index contributed by atoms with van der Waals surface area (Å²) in [5.74, 6) is -0.531. The van der Waals surface area contributed by atoms with Crippen molar-refractivity contribution in [2.24, 2.45) is 5.73 Å². The summed E-state index contributed by atoms with van der Waals surface area (Å²) < 4.78 is 13.6. The van der Waals surface area contributed by atoms with Gasteiger partial charge in [-0.1, -0.05) is 11.6 Å². The third-order valence-electron chi connectivity index (χ3n) is 2.35. The molecule has 4 heteroatoms. The molecule has 78 valence electrons. The molecule has 0 aliphatic carbocycles. The summed E-state index contributed by atoms with van der Waals surface area (Å²) in [6.07, 6.45) is 0. The largest absolute Gasteiger partial charge is 0.394 e. The highest BCUT2D eigenvalue weighted by molar-refractivity contribution is 6.30. The van der Waals surface area contributed by atoms with Crippen molar-refractivity contribution in [2.45, 2.75) is 19.9 Å². The minimum absolute atomic E-state index is 0.0481. The van der Waals surface area contributed by atoms with Crippen molar-refractivity contribution in [1.82, 2.24) is 0 Å². The van der Waals surface area contributed by atoms with Crippen molar-refractivity contribution < 1.29 is 9.50 Å². The molecule has 1 aromatic rings. The Labute approximate surface area is 87.5 Å². The minimum atomic E-state index is -0.715. The third kappa shape index (κ3) is 1.90. The maximum atomic E-state index is 13.6. The van der Waals surface area contributed by atoms with Gasteiger partial charge in [0.2, 0.25) is 0 Å². The Hall–Kier alpha value is -0.640. The number of hydrogen-bond acceptors (Lipinski definition) is 2. The first kappa shape index (κ1) is 11.4. The van der Waals surface area contributed by atoms with Crippen molar-refractivity contribution >= 4 is 11.6 Å². The van der Waals surface area contributed by atoms with Gasteiger partial charge in [0.05, 0.1) is 17.7 Å². The predicted molar refractivity (Wildman–Crippen MR) is 54.9 cm³/mol. The molecule has 0 heterocycles. The van der Waals surface area contributed by atoms with Gasteiger partial charge >= 0.3 is 0 Å². The SMILES string of the molecule is Cc1cc(Cl)c(F)c(C(N)CO)c1C. The van der Waals surface area contributed by atoms with E-state index in [1.165, 1.54) is 0 Å². The smallest absolute Gasteiger partial charge is 0.146 e. The van der Waals surface area contributed by atoms with Gasteiger partial charge in [0.15, 0.2) is 0 Å². The predicted octanol–water partition coefficient (Wildman–Crippen LogP) is 2.09. The fraction of sp³-hybridized carbons (Fsp3) is 0.400. The second-order valence-electron chi connectivity index (χ2n) is 3.32. The van der Waals surface area contributed by atoms with E-state index in [1.807, 2.05) is 6.92 Å². The fourth-order valence-electron chi connectivity index (χ4n) is 1.40. The van der Waals surface area contributed by atoms with E-state index in [1.54, 1.807) is 13.0 Å². The van der Waals surface area contributed by atoms with E-state index in [9.17, 15) is 4.39 Å². The van der Waals surface area contributed by atoms with Crippen molar-refractivity contribution in [2.75, 3.05) is 6.61 Å². The standard InChI is InChI=1S/C10H13ClFNO/c1-5-3-7(11)10(12)9(6(5)2)8(13)4-14/h3,8,14H,4,13H2,1-2H3. The number of aliphatic hydroxyl groups is 1. The molecule has 1 unspecified atom stereocenters. The van der Waals surface area contributed by atoms with Crippen LogP contribution in [0.4, 0.5) is 4.39 Å². The molecule has 0 aliphatic rings. The first-order chi connectivity index (χ1) is 6.49. The second-order valence-corrected chi connectivity index (χ2v) is 3.72. The number of benzene rings is 1. The molecule has 0 saturated heterocycles. The molecule has 0 spiro atoms. The van der Waals surface area contributed by atoms with Crippen LogP contribution in [-0.2, 0) is 0 Å². The van der Waals surface area contributed by atoms with Crippen LogP contribution in [0.25, 0.3) is 0 Å². The van der Waals surface area contributed by atoms with Crippen LogP contribution in [0.1, 0.15) is 22.7 Å². The molecule has 2 nitrogen and oxygen atoms in total. The van der Waals surface area contributed by atoms with Gasteiger partial charge in [-0.25, -0.2) is 4.39 Å². The Bertz CT molecular complexity index is 328. The van der Waals surface area contributed by atoms with E-state index in [2.05, 4.69) is 0 Å². The van der Waals surface area contributed by atoms with Crippen molar-refractivity contribution in [1.29, 1.82) is 0 Å². The number of nitrogens with two attached hydrogens (primary N) is 1. The minimum Gasteiger partial charge on any atom is -0.394 e. The zero-order valence-corrected chi connectivity index (χ0v) is 8.90. The Kier molecular flexibility index (Phi) is 3.48. The quantitative estimate of drug-likeness (QED) is 0.797. The normalized spacial score (nSPS) is 13.0. The summed E-state index contributed by atoms with van der Waals surface area (Å²) in [6.45, 7) is 3.30. The summed E-state index contributed by atoms with van der Waals surface area (Å²) >= 11 is 5.68. The van der Waals surface area contributed by atoms with E-state index < -0.39 is 11.9 Å². The van der Waals surface area contributed by atoms with Crippen LogP contribution < -0.4 is 5.73 Å². The molecular formula is C10H13ClFNO. The first-order valence-corrected chi connectivity index (χ1v) is 4.68. The summed E-state index contributed by atoms with van der Waals surface area (Å²) in [5, 5.41) is 8.93. The number of aliphatic hydroxyl groups excluding tert-OH is 1. The molecule has 0 aliphatic heterocycles. The molecule has 0 fully saturated rings. The Morgan fingerprint density at radius 2 is 2.14 bits per heavy atom. The van der Waals surface area contributed by atoms with Crippen LogP contribution >= 0.6 is 11.6 Å². The number of rotatable bonds is 2. The van der Waals surface area contributed by atoms with Gasteiger partial charge < -0.3 is 10.8 Å². The summed E-state index contributed by atoms with van der Waals surface area (Å²) in [6, 6.07) is 0.840. The van der Waals surface area contributed by atoms with Gasteiger partial charge in [-0.05, 0) is 31.0 Å². The molecule has 3 N–H and O–H groups in total. The molecule has 1 aromatic carbocycles. The van der Waals surface area contributed by atoms with E-state index >= 15 is 0 Å². The van der Waals surface area contributed by atoms with E-state index in [0.29, 0.717) is 5.56 Å². The molecule has 14 heavy (non-hydrogen) atoms. The zero-order chi connectivity index (χ0) is 10.9. The Morgan fingerprint density at radius 1 is 1.57 bits per heavy atom. The monoisotopic (exact) mass is 217 g/mol. The van der Waals surface area contributed by atoms with Gasteiger partial charge in [-0.15, -0.1) is 0 Å². The topological polar surface area (TPSA) is 46.2 Å². The van der Waals surface area contributed by atoms with Crippen LogP contribution in [-0.4, -0.2) is 11.7 Å². The highest BCUT2D eigenvalue weighted by Gasteiger charge is 2.17. The van der Waals surface area contributed by atoms with Gasteiger partial charge in [-0.3, -0.25) is 0 Å². The average Bonchev–Trinajstić information content (AvgIpc) is 2.15. The molecule has 0 bridgehead atoms. The summed E-state index contributed by atoms with van der Waals surface area (Å²) in [5.41, 5.74) is 7.50. The van der Waals surface area contributed by atoms with Gasteiger partial charge in [-0.2, -0.15) is 0 Å². The molecule has 0 radical (unpaired) electrons. The Morgan fingerprint density at radius 3 is 2.64 bits per heavy atom. The second kappa shape index (κ2) is 4.26. The van der Waals surface area contributed by atoms with Gasteiger partial charge in [0.25, 0.3) is 0 Å². The Balaban J connectivity index is 3.39. The maximum absolute atomic E-state index is 13.6. The zero-order valence-electron chi connectivity index (χ0n) is 8.14. The molecule has 0 aromatic heterocycles. The number of hydrogen-bond donors (Lipinski definition) is 2. The van der Waals surface area contributed by atoms with Crippen LogP contribution in [0.2, 0.25) is 5.02 Å². The van der Waals surface area contributed by atoms with Crippen LogP contribution in [0, 0.1) is 19.7 Å². The van der Waals surface area contributed by atoms with E-state index in [0.717, 1.165) is 11.1 Å². The van der Waals surface area contributed by atoms with Gasteiger partial charge in [0, 0.05) is 5.56 Å². The van der Waals surface area contributed by atoms with E-state index in [4.69, 9.17) is 22.4 Å². The lowest BCUT2D eigenvalue weighted by Crippen LogP contribution is -2.18. The highest BCUT2D eigenvalue weighted by atomic mass is 35.5. The fourth-order valence-corrected chi connectivity index (χ4v) is 1.67. The molecule has 1 rings (SSSR count). The first-order valence-electron chi connectivity index (χ1n) is 4.30. The van der Waals surface area contributed by atoms with Crippen molar-refractivity contribution in [3.63, 3.8) is 0 Å². The number of aryl methyl sites for hydroxylation is 1.